The normalized spacial score (nSPS) is 10.3. The van der Waals surface area contributed by atoms with Gasteiger partial charge in [0.25, 0.3) is 0 Å². The second kappa shape index (κ2) is 4.79. The van der Waals surface area contributed by atoms with Crippen LogP contribution in [0.1, 0.15) is 22.0 Å². The Balaban J connectivity index is 2.06. The fourth-order valence-corrected chi connectivity index (χ4v) is 1.53. The summed E-state index contributed by atoms with van der Waals surface area (Å²) in [5, 5.41) is 11.9. The predicted molar refractivity (Wildman–Crippen MR) is 66.4 cm³/mol. The van der Waals surface area contributed by atoms with E-state index in [1.165, 1.54) is 6.07 Å². The summed E-state index contributed by atoms with van der Waals surface area (Å²) in [6, 6.07) is 4.68. The van der Waals surface area contributed by atoms with Crippen LogP contribution in [0.5, 0.6) is 0 Å². The number of oxazole rings is 1. The number of carboxylic acid groups (broad SMARTS) is 1. The van der Waals surface area contributed by atoms with Crippen molar-refractivity contribution in [2.75, 3.05) is 11.1 Å². The summed E-state index contributed by atoms with van der Waals surface area (Å²) >= 11 is 0. The molecule has 1 aromatic heterocycles. The minimum atomic E-state index is -1.04. The van der Waals surface area contributed by atoms with Crippen LogP contribution in [0, 0.1) is 6.92 Å². The van der Waals surface area contributed by atoms with Crippen molar-refractivity contribution in [3.8, 4) is 0 Å². The molecule has 94 valence electrons. The van der Waals surface area contributed by atoms with Crippen molar-refractivity contribution in [3.63, 3.8) is 0 Å². The molecule has 4 N–H and O–H groups in total. The first-order chi connectivity index (χ1) is 8.56. The molecule has 1 heterocycles. The molecule has 0 spiro atoms. The van der Waals surface area contributed by atoms with E-state index < -0.39 is 5.97 Å². The number of nitrogens with one attached hydrogen (secondary N) is 1. The number of carboxylic acids is 1. The molecule has 2 aromatic rings. The van der Waals surface area contributed by atoms with Crippen molar-refractivity contribution in [2.45, 2.75) is 13.5 Å². The van der Waals surface area contributed by atoms with Crippen molar-refractivity contribution >= 4 is 17.3 Å². The zero-order valence-electron chi connectivity index (χ0n) is 9.80. The lowest BCUT2D eigenvalue weighted by Gasteiger charge is -2.06. The van der Waals surface area contributed by atoms with Gasteiger partial charge in [0.2, 0.25) is 5.89 Å². The maximum Gasteiger partial charge on any atom is 0.337 e. The molecule has 0 saturated carbocycles. The monoisotopic (exact) mass is 247 g/mol. The van der Waals surface area contributed by atoms with Gasteiger partial charge in [-0.15, -0.1) is 0 Å². The van der Waals surface area contributed by atoms with Crippen LogP contribution in [0.4, 0.5) is 11.4 Å². The lowest BCUT2D eigenvalue weighted by molar-refractivity contribution is 0.0698. The number of carbonyl (C=O) groups is 1. The Morgan fingerprint density at radius 1 is 1.56 bits per heavy atom. The Labute approximate surface area is 103 Å². The highest BCUT2D eigenvalue weighted by Crippen LogP contribution is 2.18. The first kappa shape index (κ1) is 12.0. The summed E-state index contributed by atoms with van der Waals surface area (Å²) < 4.78 is 5.30. The van der Waals surface area contributed by atoms with Crippen molar-refractivity contribution in [1.82, 2.24) is 4.98 Å². The van der Waals surface area contributed by atoms with Crippen LogP contribution < -0.4 is 11.1 Å². The first-order valence-corrected chi connectivity index (χ1v) is 5.34. The summed E-state index contributed by atoms with van der Waals surface area (Å²) in [7, 11) is 0. The van der Waals surface area contributed by atoms with Crippen molar-refractivity contribution < 1.29 is 14.3 Å². The number of nitrogens with zero attached hydrogens (tertiary/aromatic N) is 1. The molecule has 0 radical (unpaired) electrons. The Bertz CT molecular complexity index is 578. The standard InChI is InChI=1S/C12H13N3O3/c1-7-5-15-11(18-7)6-14-8-2-3-9(12(16)17)10(13)4-8/h2-5,14H,6,13H2,1H3,(H,16,17). The van der Waals surface area contributed by atoms with Gasteiger partial charge in [-0.2, -0.15) is 0 Å². The van der Waals surface area contributed by atoms with Crippen LogP contribution in [0.25, 0.3) is 0 Å². The minimum absolute atomic E-state index is 0.0903. The minimum Gasteiger partial charge on any atom is -0.478 e. The zero-order chi connectivity index (χ0) is 13.1. The average Bonchev–Trinajstić information content (AvgIpc) is 2.72. The second-order valence-corrected chi connectivity index (χ2v) is 3.83. The maximum absolute atomic E-state index is 10.8. The molecule has 0 aliphatic heterocycles. The summed E-state index contributed by atoms with van der Waals surface area (Å²) in [5.74, 6) is 0.267. The summed E-state index contributed by atoms with van der Waals surface area (Å²) in [6.07, 6.45) is 1.64. The molecular formula is C12H13N3O3. The van der Waals surface area contributed by atoms with Gasteiger partial charge in [0.15, 0.2) is 0 Å². The quantitative estimate of drug-likeness (QED) is 0.713. The maximum atomic E-state index is 10.8. The molecule has 0 saturated heterocycles. The van der Waals surface area contributed by atoms with Gasteiger partial charge < -0.3 is 20.6 Å². The Morgan fingerprint density at radius 3 is 2.89 bits per heavy atom. The highest BCUT2D eigenvalue weighted by atomic mass is 16.4. The van der Waals surface area contributed by atoms with E-state index in [9.17, 15) is 4.79 Å². The molecule has 0 unspecified atom stereocenters. The molecule has 1 aromatic carbocycles. The Hall–Kier alpha value is -2.50. The third-order valence-electron chi connectivity index (χ3n) is 2.39. The number of hydrogen-bond donors (Lipinski definition) is 3. The van der Waals surface area contributed by atoms with Crippen LogP contribution in [-0.2, 0) is 6.54 Å². The topological polar surface area (TPSA) is 101 Å². The summed E-state index contributed by atoms with van der Waals surface area (Å²) in [5.41, 5.74) is 6.66. The molecule has 6 heteroatoms. The van der Waals surface area contributed by atoms with E-state index in [0.717, 1.165) is 5.76 Å². The van der Waals surface area contributed by atoms with E-state index in [1.54, 1.807) is 18.3 Å². The highest BCUT2D eigenvalue weighted by Gasteiger charge is 2.08. The Kier molecular flexibility index (Phi) is 3.18. The molecule has 0 fully saturated rings. The molecule has 0 atom stereocenters. The van der Waals surface area contributed by atoms with E-state index in [0.29, 0.717) is 18.1 Å². The zero-order valence-corrected chi connectivity index (χ0v) is 9.80. The third-order valence-corrected chi connectivity index (χ3v) is 2.39. The molecule has 18 heavy (non-hydrogen) atoms. The SMILES string of the molecule is Cc1cnc(CNc2ccc(C(=O)O)c(N)c2)o1. The smallest absolute Gasteiger partial charge is 0.337 e. The number of nitrogen functional groups attached to an aromatic ring is 1. The van der Waals surface area contributed by atoms with Gasteiger partial charge in [-0.25, -0.2) is 9.78 Å². The van der Waals surface area contributed by atoms with Crippen molar-refractivity contribution in [1.29, 1.82) is 0 Å². The average molecular weight is 247 g/mol. The van der Waals surface area contributed by atoms with E-state index in [1.807, 2.05) is 6.92 Å². The van der Waals surface area contributed by atoms with Crippen molar-refractivity contribution in [2.24, 2.45) is 0 Å². The molecule has 6 nitrogen and oxygen atoms in total. The summed E-state index contributed by atoms with van der Waals surface area (Å²) in [4.78, 5) is 14.8. The molecule has 0 aliphatic rings. The third kappa shape index (κ3) is 2.60. The van der Waals surface area contributed by atoms with E-state index in [-0.39, 0.29) is 11.3 Å². The van der Waals surface area contributed by atoms with E-state index in [4.69, 9.17) is 15.3 Å². The second-order valence-electron chi connectivity index (χ2n) is 3.83. The number of aromatic carboxylic acids is 1. The van der Waals surface area contributed by atoms with Gasteiger partial charge in [-0.3, -0.25) is 0 Å². The number of hydrogen-bond acceptors (Lipinski definition) is 5. The first-order valence-electron chi connectivity index (χ1n) is 5.34. The van der Waals surface area contributed by atoms with Gasteiger partial charge in [0.05, 0.1) is 18.3 Å². The van der Waals surface area contributed by atoms with E-state index >= 15 is 0 Å². The van der Waals surface area contributed by atoms with Crippen LogP contribution in [0.15, 0.2) is 28.8 Å². The number of aryl methyl sites for hydroxylation is 1. The lowest BCUT2D eigenvalue weighted by atomic mass is 10.1. The van der Waals surface area contributed by atoms with Crippen LogP contribution in [0.2, 0.25) is 0 Å². The van der Waals surface area contributed by atoms with Gasteiger partial charge in [0.1, 0.15) is 5.76 Å². The molecular weight excluding hydrogens is 234 g/mol. The van der Waals surface area contributed by atoms with Crippen LogP contribution in [0.3, 0.4) is 0 Å². The number of rotatable bonds is 4. The molecule has 0 amide bonds. The molecule has 2 rings (SSSR count). The van der Waals surface area contributed by atoms with E-state index in [2.05, 4.69) is 10.3 Å². The van der Waals surface area contributed by atoms with Gasteiger partial charge in [-0.1, -0.05) is 0 Å². The van der Waals surface area contributed by atoms with Crippen LogP contribution in [-0.4, -0.2) is 16.1 Å². The van der Waals surface area contributed by atoms with Crippen LogP contribution >= 0.6 is 0 Å². The Morgan fingerprint density at radius 2 is 2.33 bits per heavy atom. The molecule has 0 bridgehead atoms. The van der Waals surface area contributed by atoms with Gasteiger partial charge >= 0.3 is 5.97 Å². The number of anilines is 2. The largest absolute Gasteiger partial charge is 0.478 e. The number of benzene rings is 1. The number of aromatic nitrogens is 1. The predicted octanol–water partition coefficient (Wildman–Crippen LogP) is 1.88. The van der Waals surface area contributed by atoms with Gasteiger partial charge in [-0.05, 0) is 25.1 Å². The molecule has 0 aliphatic carbocycles. The number of nitrogens with two attached hydrogens (primary N) is 1. The fourth-order valence-electron chi connectivity index (χ4n) is 1.53. The summed E-state index contributed by atoms with van der Waals surface area (Å²) in [6.45, 7) is 2.23. The van der Waals surface area contributed by atoms with Crippen molar-refractivity contribution in [3.05, 3.63) is 41.6 Å². The van der Waals surface area contributed by atoms with Gasteiger partial charge in [0, 0.05) is 11.4 Å². The highest BCUT2D eigenvalue weighted by molar-refractivity contribution is 5.94. The lowest BCUT2D eigenvalue weighted by Crippen LogP contribution is -2.04. The fraction of sp³-hybridized carbons (Fsp3) is 0.167.